The van der Waals surface area contributed by atoms with Gasteiger partial charge in [0.1, 0.15) is 12.4 Å². The summed E-state index contributed by atoms with van der Waals surface area (Å²) >= 11 is 6.03. The fourth-order valence-corrected chi connectivity index (χ4v) is 2.16. The Morgan fingerprint density at radius 3 is 2.76 bits per heavy atom. The Bertz CT molecular complexity index is 355. The van der Waals surface area contributed by atoms with Crippen LogP contribution in [0.2, 0.25) is 5.02 Å². The van der Waals surface area contributed by atoms with Crippen molar-refractivity contribution in [2.24, 2.45) is 0 Å². The van der Waals surface area contributed by atoms with E-state index in [9.17, 15) is 0 Å². The molecule has 0 aliphatic carbocycles. The Hall–Kier alpha value is -0.770. The summed E-state index contributed by atoms with van der Waals surface area (Å²) in [5.74, 6) is 0.775. The molecule has 0 radical (unpaired) electrons. The summed E-state index contributed by atoms with van der Waals surface area (Å²) in [5, 5.41) is 3.97. The highest BCUT2D eigenvalue weighted by Crippen LogP contribution is 2.22. The number of hydrogen-bond donors (Lipinski definition) is 1. The molecule has 0 atom stereocenters. The fourth-order valence-electron chi connectivity index (χ4n) is 1.97. The van der Waals surface area contributed by atoms with Crippen LogP contribution in [-0.4, -0.2) is 43.7 Å². The van der Waals surface area contributed by atoms with Crippen LogP contribution in [0.1, 0.15) is 6.92 Å². The second-order valence-electron chi connectivity index (χ2n) is 4.22. The number of rotatable bonds is 6. The van der Waals surface area contributed by atoms with Crippen LogP contribution in [0.5, 0.6) is 5.75 Å². The normalized spacial score (nSPS) is 15.9. The third kappa shape index (κ3) is 3.35. The standard InChI is InChI=1S/C13H19ClN2O/c1-2-16(11-9-15-10-11)7-8-17-13-6-4-3-5-12(13)14/h3-6,11,15H,2,7-10H2,1H3. The molecule has 2 rings (SSSR count). The zero-order valence-corrected chi connectivity index (χ0v) is 10.9. The van der Waals surface area contributed by atoms with Crippen LogP contribution in [0.4, 0.5) is 0 Å². The zero-order chi connectivity index (χ0) is 12.1. The number of benzene rings is 1. The lowest BCUT2D eigenvalue weighted by molar-refractivity contribution is 0.128. The Balaban J connectivity index is 1.76. The largest absolute Gasteiger partial charge is 0.491 e. The van der Waals surface area contributed by atoms with Gasteiger partial charge in [0.15, 0.2) is 0 Å². The predicted molar refractivity (Wildman–Crippen MR) is 70.9 cm³/mol. The maximum absolute atomic E-state index is 6.03. The molecule has 0 unspecified atom stereocenters. The van der Waals surface area contributed by atoms with Gasteiger partial charge < -0.3 is 10.1 Å². The van der Waals surface area contributed by atoms with Gasteiger partial charge in [-0.05, 0) is 18.7 Å². The van der Waals surface area contributed by atoms with Gasteiger partial charge in [0.25, 0.3) is 0 Å². The maximum Gasteiger partial charge on any atom is 0.137 e. The molecule has 17 heavy (non-hydrogen) atoms. The summed E-state index contributed by atoms with van der Waals surface area (Å²) in [4.78, 5) is 2.44. The van der Waals surface area contributed by atoms with E-state index in [4.69, 9.17) is 16.3 Å². The van der Waals surface area contributed by atoms with Crippen molar-refractivity contribution in [2.75, 3.05) is 32.8 Å². The van der Waals surface area contributed by atoms with Crippen molar-refractivity contribution in [1.82, 2.24) is 10.2 Å². The van der Waals surface area contributed by atoms with Gasteiger partial charge in [0.05, 0.1) is 5.02 Å². The molecule has 0 aromatic heterocycles. The van der Waals surface area contributed by atoms with Crippen LogP contribution in [0.15, 0.2) is 24.3 Å². The third-order valence-corrected chi connectivity index (χ3v) is 3.47. The number of para-hydroxylation sites is 1. The molecule has 1 aromatic carbocycles. The van der Waals surface area contributed by atoms with E-state index in [-0.39, 0.29) is 0 Å². The summed E-state index contributed by atoms with van der Waals surface area (Å²) in [7, 11) is 0. The SMILES string of the molecule is CCN(CCOc1ccccc1Cl)C1CNC1. The highest BCUT2D eigenvalue weighted by atomic mass is 35.5. The summed E-state index contributed by atoms with van der Waals surface area (Å²) in [6, 6.07) is 8.28. The van der Waals surface area contributed by atoms with Gasteiger partial charge in [-0.1, -0.05) is 30.7 Å². The van der Waals surface area contributed by atoms with E-state index in [0.717, 1.165) is 31.9 Å². The molecule has 1 aliphatic rings. The monoisotopic (exact) mass is 254 g/mol. The summed E-state index contributed by atoms with van der Waals surface area (Å²) in [5.41, 5.74) is 0. The molecular formula is C13H19ClN2O. The minimum atomic E-state index is 0.676. The first-order chi connectivity index (χ1) is 8.31. The van der Waals surface area contributed by atoms with Crippen molar-refractivity contribution < 1.29 is 4.74 Å². The van der Waals surface area contributed by atoms with Crippen LogP contribution < -0.4 is 10.1 Å². The van der Waals surface area contributed by atoms with E-state index < -0.39 is 0 Å². The van der Waals surface area contributed by atoms with Crippen molar-refractivity contribution in [1.29, 1.82) is 0 Å². The summed E-state index contributed by atoms with van der Waals surface area (Å²) < 4.78 is 5.69. The minimum Gasteiger partial charge on any atom is -0.491 e. The molecule has 1 aliphatic heterocycles. The first-order valence-electron chi connectivity index (χ1n) is 6.13. The van der Waals surface area contributed by atoms with Gasteiger partial charge in [0.2, 0.25) is 0 Å². The molecule has 1 aromatic rings. The molecule has 0 spiro atoms. The average molecular weight is 255 g/mol. The number of halogens is 1. The smallest absolute Gasteiger partial charge is 0.137 e. The predicted octanol–water partition coefficient (Wildman–Crippen LogP) is 2.01. The lowest BCUT2D eigenvalue weighted by atomic mass is 10.1. The number of nitrogens with one attached hydrogen (secondary N) is 1. The van der Waals surface area contributed by atoms with Gasteiger partial charge in [-0.25, -0.2) is 0 Å². The van der Waals surface area contributed by atoms with Crippen LogP contribution in [0, 0.1) is 0 Å². The number of ether oxygens (including phenoxy) is 1. The van der Waals surface area contributed by atoms with E-state index in [1.54, 1.807) is 0 Å². The number of hydrogen-bond acceptors (Lipinski definition) is 3. The molecule has 1 saturated heterocycles. The maximum atomic E-state index is 6.03. The Labute approximate surface area is 108 Å². The molecule has 1 fully saturated rings. The highest BCUT2D eigenvalue weighted by Gasteiger charge is 2.22. The summed E-state index contributed by atoms with van der Waals surface area (Å²) in [6.45, 7) is 7.09. The van der Waals surface area contributed by atoms with Crippen molar-refractivity contribution >= 4 is 11.6 Å². The lowest BCUT2D eigenvalue weighted by Gasteiger charge is -2.37. The van der Waals surface area contributed by atoms with Gasteiger partial charge in [-0.15, -0.1) is 0 Å². The molecular weight excluding hydrogens is 236 g/mol. The van der Waals surface area contributed by atoms with Crippen LogP contribution >= 0.6 is 11.6 Å². The van der Waals surface area contributed by atoms with E-state index in [1.165, 1.54) is 0 Å². The molecule has 0 saturated carbocycles. The van der Waals surface area contributed by atoms with Crippen LogP contribution in [-0.2, 0) is 0 Å². The van der Waals surface area contributed by atoms with Crippen LogP contribution in [0.3, 0.4) is 0 Å². The Morgan fingerprint density at radius 2 is 2.18 bits per heavy atom. The molecule has 0 amide bonds. The topological polar surface area (TPSA) is 24.5 Å². The molecule has 1 N–H and O–H groups in total. The van der Waals surface area contributed by atoms with E-state index in [0.29, 0.717) is 17.7 Å². The second-order valence-corrected chi connectivity index (χ2v) is 4.63. The zero-order valence-electron chi connectivity index (χ0n) is 10.2. The number of nitrogens with zero attached hydrogens (tertiary/aromatic N) is 1. The van der Waals surface area contributed by atoms with Crippen molar-refractivity contribution in [3.63, 3.8) is 0 Å². The Morgan fingerprint density at radius 1 is 1.41 bits per heavy atom. The minimum absolute atomic E-state index is 0.676. The molecule has 94 valence electrons. The van der Waals surface area contributed by atoms with E-state index in [2.05, 4.69) is 17.1 Å². The molecule has 3 nitrogen and oxygen atoms in total. The third-order valence-electron chi connectivity index (χ3n) is 3.16. The lowest BCUT2D eigenvalue weighted by Crippen LogP contribution is -2.57. The van der Waals surface area contributed by atoms with Crippen molar-refractivity contribution in [3.8, 4) is 5.75 Å². The van der Waals surface area contributed by atoms with Gasteiger partial charge in [0, 0.05) is 25.7 Å². The van der Waals surface area contributed by atoms with E-state index >= 15 is 0 Å². The second kappa shape index (κ2) is 6.24. The Kier molecular flexibility index (Phi) is 4.66. The van der Waals surface area contributed by atoms with Crippen molar-refractivity contribution in [2.45, 2.75) is 13.0 Å². The highest BCUT2D eigenvalue weighted by molar-refractivity contribution is 6.32. The number of likely N-dealkylation sites (N-methyl/N-ethyl adjacent to an activating group) is 1. The van der Waals surface area contributed by atoms with Crippen LogP contribution in [0.25, 0.3) is 0 Å². The van der Waals surface area contributed by atoms with E-state index in [1.807, 2.05) is 24.3 Å². The van der Waals surface area contributed by atoms with Gasteiger partial charge >= 0.3 is 0 Å². The fraction of sp³-hybridized carbons (Fsp3) is 0.538. The molecule has 4 heteroatoms. The van der Waals surface area contributed by atoms with Gasteiger partial charge in [-0.2, -0.15) is 0 Å². The first kappa shape index (κ1) is 12.7. The molecule has 0 bridgehead atoms. The first-order valence-corrected chi connectivity index (χ1v) is 6.51. The summed E-state index contributed by atoms with van der Waals surface area (Å²) in [6.07, 6.45) is 0. The van der Waals surface area contributed by atoms with Crippen molar-refractivity contribution in [3.05, 3.63) is 29.3 Å². The van der Waals surface area contributed by atoms with Gasteiger partial charge in [-0.3, -0.25) is 4.90 Å². The molecule has 1 heterocycles. The average Bonchev–Trinajstić information content (AvgIpc) is 2.27. The quantitative estimate of drug-likeness (QED) is 0.841.